The highest BCUT2D eigenvalue weighted by atomic mass is 79.9. The Morgan fingerprint density at radius 1 is 1.27 bits per heavy atom. The molecule has 0 bridgehead atoms. The number of esters is 1. The van der Waals surface area contributed by atoms with Crippen molar-refractivity contribution < 1.29 is 14.3 Å². The molecule has 0 aliphatic heterocycles. The van der Waals surface area contributed by atoms with Crippen LogP contribution >= 0.6 is 39.0 Å². The largest absolute Gasteiger partial charge is 0.468 e. The molecule has 0 saturated heterocycles. The molecule has 1 amide bonds. The summed E-state index contributed by atoms with van der Waals surface area (Å²) < 4.78 is 8.33. The van der Waals surface area contributed by atoms with E-state index < -0.39 is 5.97 Å². The van der Waals surface area contributed by atoms with Gasteiger partial charge < -0.3 is 9.30 Å². The van der Waals surface area contributed by atoms with Crippen LogP contribution in [-0.4, -0.2) is 29.8 Å². The number of halogens is 1. The minimum Gasteiger partial charge on any atom is -0.468 e. The molecule has 134 valence electrons. The van der Waals surface area contributed by atoms with Crippen LogP contribution in [-0.2, 0) is 16.1 Å². The van der Waals surface area contributed by atoms with Crippen molar-refractivity contribution in [1.29, 1.82) is 0 Å². The second kappa shape index (κ2) is 8.20. The molecular weight excluding hydrogens is 436 g/mol. The molecule has 3 rings (SSSR count). The minimum absolute atomic E-state index is 0.00554. The van der Waals surface area contributed by atoms with Gasteiger partial charge in [-0.25, -0.2) is 0 Å². The fraction of sp³-hybridized carbons (Fsp3) is 0.167. The van der Waals surface area contributed by atoms with Gasteiger partial charge in [0.15, 0.2) is 4.80 Å². The third-order valence-corrected chi connectivity index (χ3v) is 6.02. The summed E-state index contributed by atoms with van der Waals surface area (Å²) in [6.45, 7) is -0.00554. The molecule has 2 aromatic carbocycles. The number of methoxy groups -OCH3 is 1. The van der Waals surface area contributed by atoms with Crippen LogP contribution in [0.2, 0.25) is 0 Å². The lowest BCUT2D eigenvalue weighted by molar-refractivity contribution is -0.141. The van der Waals surface area contributed by atoms with Crippen molar-refractivity contribution in [2.75, 3.05) is 13.4 Å². The molecule has 3 aromatic rings. The predicted molar refractivity (Wildman–Crippen MR) is 108 cm³/mol. The number of nitrogens with zero attached hydrogens (tertiary/aromatic N) is 2. The molecule has 0 saturated carbocycles. The highest BCUT2D eigenvalue weighted by Crippen LogP contribution is 2.23. The number of benzene rings is 2. The van der Waals surface area contributed by atoms with Gasteiger partial charge in [-0.15, -0.1) is 11.8 Å². The van der Waals surface area contributed by atoms with E-state index in [2.05, 4.69) is 20.9 Å². The van der Waals surface area contributed by atoms with Crippen LogP contribution in [0, 0.1) is 0 Å². The van der Waals surface area contributed by atoms with Crippen molar-refractivity contribution in [1.82, 2.24) is 4.57 Å². The summed E-state index contributed by atoms with van der Waals surface area (Å²) in [5, 5.41) is 0. The third kappa shape index (κ3) is 3.92. The second-order valence-corrected chi connectivity index (χ2v) is 8.05. The smallest absolute Gasteiger partial charge is 0.325 e. The molecule has 0 fully saturated rings. The van der Waals surface area contributed by atoms with Gasteiger partial charge >= 0.3 is 5.97 Å². The number of rotatable bonds is 4. The Bertz CT molecular complexity index is 1060. The molecule has 0 unspecified atom stereocenters. The van der Waals surface area contributed by atoms with E-state index in [4.69, 9.17) is 4.74 Å². The zero-order valence-electron chi connectivity index (χ0n) is 14.1. The van der Waals surface area contributed by atoms with Crippen LogP contribution in [0.3, 0.4) is 0 Å². The Morgan fingerprint density at radius 2 is 2.04 bits per heavy atom. The van der Waals surface area contributed by atoms with Gasteiger partial charge in [0, 0.05) is 9.37 Å². The number of aromatic nitrogens is 1. The number of amides is 1. The highest BCUT2D eigenvalue weighted by Gasteiger charge is 2.14. The van der Waals surface area contributed by atoms with Gasteiger partial charge in [0.2, 0.25) is 0 Å². The Morgan fingerprint density at radius 3 is 2.77 bits per heavy atom. The maximum absolute atomic E-state index is 12.7. The van der Waals surface area contributed by atoms with E-state index in [-0.39, 0.29) is 12.5 Å². The van der Waals surface area contributed by atoms with E-state index >= 15 is 0 Å². The van der Waals surface area contributed by atoms with Gasteiger partial charge in [-0.1, -0.05) is 39.4 Å². The molecule has 8 heteroatoms. The Hall–Kier alpha value is -1.90. The first-order valence-electron chi connectivity index (χ1n) is 7.61. The number of carbonyl (C=O) groups is 2. The highest BCUT2D eigenvalue weighted by molar-refractivity contribution is 9.10. The summed E-state index contributed by atoms with van der Waals surface area (Å²) in [7, 11) is 1.34. The molecular formula is C18H15BrN2O3S2. The molecule has 1 aromatic heterocycles. The zero-order valence-corrected chi connectivity index (χ0v) is 17.3. The van der Waals surface area contributed by atoms with Gasteiger partial charge in [0.25, 0.3) is 5.91 Å². The maximum Gasteiger partial charge on any atom is 0.325 e. The molecule has 5 nitrogen and oxygen atoms in total. The standard InChI is InChI=1S/C18H15BrN2O3S2/c1-24-16(22)10-21-13-8-7-11(19)9-15(13)26-18(21)20-17(23)12-5-3-4-6-14(12)25-2/h3-9H,10H2,1-2H3. The number of fused-ring (bicyclic) bond motifs is 1. The van der Waals surface area contributed by atoms with Crippen molar-refractivity contribution in [3.63, 3.8) is 0 Å². The van der Waals surface area contributed by atoms with Gasteiger partial charge in [-0.2, -0.15) is 4.99 Å². The summed E-state index contributed by atoms with van der Waals surface area (Å²) in [5.41, 5.74) is 1.37. The molecule has 26 heavy (non-hydrogen) atoms. The maximum atomic E-state index is 12.7. The molecule has 0 atom stereocenters. The number of carbonyl (C=O) groups excluding carboxylic acids is 2. The van der Waals surface area contributed by atoms with Crippen LogP contribution in [0.4, 0.5) is 0 Å². The molecule has 0 radical (unpaired) electrons. The van der Waals surface area contributed by atoms with Crippen molar-refractivity contribution in [3.8, 4) is 0 Å². The normalized spacial score (nSPS) is 11.7. The molecule has 1 heterocycles. The lowest BCUT2D eigenvalue weighted by Gasteiger charge is -2.04. The summed E-state index contributed by atoms with van der Waals surface area (Å²) in [6.07, 6.45) is 1.92. The van der Waals surface area contributed by atoms with E-state index in [0.29, 0.717) is 10.4 Å². The Kier molecular flexibility index (Phi) is 5.95. The van der Waals surface area contributed by atoms with Crippen molar-refractivity contribution in [3.05, 3.63) is 57.3 Å². The lowest BCUT2D eigenvalue weighted by Crippen LogP contribution is -2.22. The van der Waals surface area contributed by atoms with E-state index in [1.807, 2.05) is 42.7 Å². The van der Waals surface area contributed by atoms with E-state index in [0.717, 1.165) is 19.6 Å². The zero-order chi connectivity index (χ0) is 18.7. The second-order valence-electron chi connectivity index (χ2n) is 5.28. The molecule has 0 N–H and O–H groups in total. The quantitative estimate of drug-likeness (QED) is 0.443. The number of hydrogen-bond donors (Lipinski definition) is 0. The van der Waals surface area contributed by atoms with Crippen LogP contribution in [0.5, 0.6) is 0 Å². The van der Waals surface area contributed by atoms with Gasteiger partial charge in [-0.05, 0) is 36.6 Å². The Labute approximate surface area is 166 Å². The molecule has 0 aliphatic rings. The summed E-state index contributed by atoms with van der Waals surface area (Å²) in [6, 6.07) is 13.1. The monoisotopic (exact) mass is 450 g/mol. The number of thiazole rings is 1. The average molecular weight is 451 g/mol. The number of ether oxygens (including phenoxy) is 1. The summed E-state index contributed by atoms with van der Waals surface area (Å²) >= 11 is 6.30. The number of hydrogen-bond acceptors (Lipinski definition) is 5. The van der Waals surface area contributed by atoms with E-state index in [1.54, 1.807) is 10.6 Å². The third-order valence-electron chi connectivity index (χ3n) is 3.69. The first-order valence-corrected chi connectivity index (χ1v) is 10.4. The van der Waals surface area contributed by atoms with Gasteiger partial charge in [0.05, 0.1) is 22.9 Å². The van der Waals surface area contributed by atoms with Crippen molar-refractivity contribution >= 4 is 61.1 Å². The topological polar surface area (TPSA) is 60.7 Å². The van der Waals surface area contributed by atoms with Crippen LogP contribution in [0.1, 0.15) is 10.4 Å². The predicted octanol–water partition coefficient (Wildman–Crippen LogP) is 4.10. The SMILES string of the molecule is COC(=O)Cn1c(=NC(=O)c2ccccc2SC)sc2cc(Br)ccc21. The van der Waals surface area contributed by atoms with E-state index in [1.165, 1.54) is 30.2 Å². The number of thioether (sulfide) groups is 1. The van der Waals surface area contributed by atoms with Crippen molar-refractivity contribution in [2.24, 2.45) is 4.99 Å². The fourth-order valence-corrected chi connectivity index (χ4v) is 4.62. The minimum atomic E-state index is -0.397. The molecule has 0 spiro atoms. The fourth-order valence-electron chi connectivity index (χ4n) is 2.45. The van der Waals surface area contributed by atoms with Gasteiger partial charge in [0.1, 0.15) is 6.54 Å². The Balaban J connectivity index is 2.16. The summed E-state index contributed by atoms with van der Waals surface area (Å²) in [4.78, 5) is 30.2. The first kappa shape index (κ1) is 18.9. The lowest BCUT2D eigenvalue weighted by atomic mass is 10.2. The van der Waals surface area contributed by atoms with Crippen LogP contribution in [0.25, 0.3) is 10.2 Å². The first-order chi connectivity index (χ1) is 12.5. The van der Waals surface area contributed by atoms with E-state index in [9.17, 15) is 9.59 Å². The van der Waals surface area contributed by atoms with Crippen LogP contribution in [0.15, 0.2) is 56.8 Å². The van der Waals surface area contributed by atoms with Crippen molar-refractivity contribution in [2.45, 2.75) is 11.4 Å². The van der Waals surface area contributed by atoms with Crippen LogP contribution < -0.4 is 4.80 Å². The average Bonchev–Trinajstić information content (AvgIpc) is 2.97. The van der Waals surface area contributed by atoms with Gasteiger partial charge in [-0.3, -0.25) is 9.59 Å². The molecule has 0 aliphatic carbocycles. The summed E-state index contributed by atoms with van der Waals surface area (Å²) in [5.74, 6) is -0.731.